The highest BCUT2D eigenvalue weighted by Gasteiger charge is 2.31. The summed E-state index contributed by atoms with van der Waals surface area (Å²) in [5.74, 6) is -0.898. The molecule has 118 valence electrons. The normalized spacial score (nSPS) is 18.0. The Labute approximate surface area is 123 Å². The molecule has 0 radical (unpaired) electrons. The lowest BCUT2D eigenvalue weighted by atomic mass is 10.1. The Kier molecular flexibility index (Phi) is 4.96. The largest absolute Gasteiger partial charge is 0.481 e. The smallest absolute Gasteiger partial charge is 0.305 e. The molecule has 0 saturated carbocycles. The number of ether oxygens (including phenoxy) is 1. The predicted octanol–water partition coefficient (Wildman–Crippen LogP) is 0.0645. The highest BCUT2D eigenvalue weighted by molar-refractivity contribution is 7.89. The Morgan fingerprint density at radius 2 is 2.14 bits per heavy atom. The number of aryl methyl sites for hydroxylation is 1. The number of aromatic nitrogens is 2. The summed E-state index contributed by atoms with van der Waals surface area (Å²) >= 11 is 0. The van der Waals surface area contributed by atoms with Crippen molar-refractivity contribution in [2.45, 2.75) is 30.4 Å². The zero-order valence-electron chi connectivity index (χ0n) is 11.8. The average molecular weight is 317 g/mol. The summed E-state index contributed by atoms with van der Waals surface area (Å²) in [7, 11) is -1.83. The topological polar surface area (TPSA) is 102 Å². The van der Waals surface area contributed by atoms with E-state index in [4.69, 9.17) is 9.84 Å². The summed E-state index contributed by atoms with van der Waals surface area (Å²) in [6, 6.07) is 0. The van der Waals surface area contributed by atoms with E-state index in [0.29, 0.717) is 25.9 Å². The number of aliphatic carboxylic acids is 1. The third-order valence-electron chi connectivity index (χ3n) is 3.36. The fraction of sp³-hybridized carbons (Fsp3) is 0.667. The van der Waals surface area contributed by atoms with E-state index in [0.717, 1.165) is 0 Å². The lowest BCUT2D eigenvalue weighted by Gasteiger charge is -2.30. The number of hydrogen-bond acceptors (Lipinski definition) is 5. The van der Waals surface area contributed by atoms with Crippen LogP contribution in [0, 0.1) is 0 Å². The van der Waals surface area contributed by atoms with Crippen LogP contribution in [0.1, 0.15) is 19.3 Å². The maximum atomic E-state index is 12.3. The van der Waals surface area contributed by atoms with Crippen molar-refractivity contribution in [3.63, 3.8) is 0 Å². The van der Waals surface area contributed by atoms with Gasteiger partial charge in [0.15, 0.2) is 5.03 Å². The van der Waals surface area contributed by atoms with Crippen molar-refractivity contribution >= 4 is 16.0 Å². The minimum absolute atomic E-state index is 0.0353. The number of sulfonamides is 1. The van der Waals surface area contributed by atoms with Crippen LogP contribution in [0.25, 0.3) is 0 Å². The van der Waals surface area contributed by atoms with Gasteiger partial charge in [-0.15, -0.1) is 0 Å². The van der Waals surface area contributed by atoms with Gasteiger partial charge < -0.3 is 14.4 Å². The summed E-state index contributed by atoms with van der Waals surface area (Å²) in [5.41, 5.74) is 0. The van der Waals surface area contributed by atoms with E-state index in [1.807, 2.05) is 0 Å². The van der Waals surface area contributed by atoms with Crippen LogP contribution in [0.15, 0.2) is 17.6 Å². The molecule has 1 N–H and O–H groups in total. The van der Waals surface area contributed by atoms with Gasteiger partial charge in [0.1, 0.15) is 0 Å². The molecule has 0 aliphatic carbocycles. The van der Waals surface area contributed by atoms with Gasteiger partial charge in [-0.05, 0) is 12.8 Å². The Morgan fingerprint density at radius 1 is 1.48 bits per heavy atom. The first-order valence-corrected chi connectivity index (χ1v) is 8.15. The molecule has 21 heavy (non-hydrogen) atoms. The number of hydrogen-bond donors (Lipinski definition) is 1. The lowest BCUT2D eigenvalue weighted by molar-refractivity contribution is -0.138. The monoisotopic (exact) mass is 317 g/mol. The molecule has 0 bridgehead atoms. The first-order chi connectivity index (χ1) is 9.89. The van der Waals surface area contributed by atoms with Crippen LogP contribution in [-0.2, 0) is 26.6 Å². The Balaban J connectivity index is 1.87. The van der Waals surface area contributed by atoms with Gasteiger partial charge in [0.25, 0.3) is 10.0 Å². The van der Waals surface area contributed by atoms with E-state index in [-0.39, 0.29) is 24.2 Å². The molecular weight excluding hydrogens is 298 g/mol. The van der Waals surface area contributed by atoms with Gasteiger partial charge in [0.2, 0.25) is 0 Å². The van der Waals surface area contributed by atoms with E-state index >= 15 is 0 Å². The average Bonchev–Trinajstić information content (AvgIpc) is 2.86. The number of imidazole rings is 1. The van der Waals surface area contributed by atoms with Crippen LogP contribution in [0.3, 0.4) is 0 Å². The van der Waals surface area contributed by atoms with Crippen LogP contribution in [0.2, 0.25) is 0 Å². The van der Waals surface area contributed by atoms with Crippen LogP contribution in [-0.4, -0.2) is 59.2 Å². The van der Waals surface area contributed by atoms with E-state index in [9.17, 15) is 13.2 Å². The van der Waals surface area contributed by atoms with Gasteiger partial charge in [-0.25, -0.2) is 13.4 Å². The first-order valence-electron chi connectivity index (χ1n) is 6.71. The van der Waals surface area contributed by atoms with Crippen molar-refractivity contribution in [2.75, 3.05) is 19.7 Å². The van der Waals surface area contributed by atoms with E-state index in [1.165, 1.54) is 16.8 Å². The minimum atomic E-state index is -3.55. The van der Waals surface area contributed by atoms with Crippen molar-refractivity contribution < 1.29 is 23.1 Å². The van der Waals surface area contributed by atoms with Crippen molar-refractivity contribution in [2.24, 2.45) is 7.05 Å². The molecule has 1 saturated heterocycles. The SMILES string of the molecule is Cn1cnc(S(=O)(=O)N2CCC(OCCC(=O)O)CC2)c1. The minimum Gasteiger partial charge on any atom is -0.481 e. The third-order valence-corrected chi connectivity index (χ3v) is 5.14. The molecule has 2 rings (SSSR count). The molecule has 2 heterocycles. The molecule has 9 heteroatoms. The van der Waals surface area contributed by atoms with Crippen LogP contribution < -0.4 is 0 Å². The number of carbonyl (C=O) groups is 1. The van der Waals surface area contributed by atoms with Crippen LogP contribution >= 0.6 is 0 Å². The van der Waals surface area contributed by atoms with Crippen LogP contribution in [0.5, 0.6) is 0 Å². The molecule has 0 amide bonds. The zero-order valence-corrected chi connectivity index (χ0v) is 12.6. The highest BCUT2D eigenvalue weighted by atomic mass is 32.2. The number of carboxylic acid groups (broad SMARTS) is 1. The Bertz CT molecular complexity index is 590. The van der Waals surface area contributed by atoms with Crippen molar-refractivity contribution in [1.29, 1.82) is 0 Å². The van der Waals surface area contributed by atoms with Gasteiger partial charge in [0.05, 0.1) is 25.5 Å². The second kappa shape index (κ2) is 6.54. The summed E-state index contributed by atoms with van der Waals surface area (Å²) in [6.45, 7) is 0.875. The second-order valence-corrected chi connectivity index (χ2v) is 6.88. The van der Waals surface area contributed by atoms with Gasteiger partial charge in [-0.2, -0.15) is 4.31 Å². The lowest BCUT2D eigenvalue weighted by Crippen LogP contribution is -2.41. The highest BCUT2D eigenvalue weighted by Crippen LogP contribution is 2.20. The molecular formula is C12H19N3O5S. The molecule has 0 unspecified atom stereocenters. The summed E-state index contributed by atoms with van der Waals surface area (Å²) in [6.07, 6.45) is 3.93. The number of nitrogens with zero attached hydrogens (tertiary/aromatic N) is 3. The molecule has 1 aromatic rings. The molecule has 1 fully saturated rings. The Hall–Kier alpha value is -1.45. The first kappa shape index (κ1) is 15.9. The van der Waals surface area contributed by atoms with Gasteiger partial charge >= 0.3 is 5.97 Å². The standard InChI is InChI=1S/C12H19N3O5S/c1-14-8-11(13-9-14)21(18,19)15-5-2-10(3-6-15)20-7-4-12(16)17/h8-10H,2-7H2,1H3,(H,16,17). The maximum absolute atomic E-state index is 12.3. The summed E-state index contributed by atoms with van der Waals surface area (Å²) in [5, 5.41) is 8.59. The van der Waals surface area contributed by atoms with Crippen molar-refractivity contribution in [1.82, 2.24) is 13.9 Å². The quantitative estimate of drug-likeness (QED) is 0.796. The fourth-order valence-corrected chi connectivity index (χ4v) is 3.64. The Morgan fingerprint density at radius 3 is 2.67 bits per heavy atom. The van der Waals surface area contributed by atoms with E-state index in [2.05, 4.69) is 4.98 Å². The summed E-state index contributed by atoms with van der Waals surface area (Å²) < 4.78 is 33.1. The number of piperidine rings is 1. The number of rotatable bonds is 6. The molecule has 1 aliphatic heterocycles. The maximum Gasteiger partial charge on any atom is 0.305 e. The predicted molar refractivity (Wildman–Crippen MR) is 73.2 cm³/mol. The third kappa shape index (κ3) is 4.02. The van der Waals surface area contributed by atoms with Crippen LogP contribution in [0.4, 0.5) is 0 Å². The molecule has 1 aromatic heterocycles. The van der Waals surface area contributed by atoms with Crippen molar-refractivity contribution in [3.05, 3.63) is 12.5 Å². The molecule has 0 spiro atoms. The number of carboxylic acids is 1. The van der Waals surface area contributed by atoms with Gasteiger partial charge in [0, 0.05) is 26.3 Å². The van der Waals surface area contributed by atoms with Gasteiger partial charge in [-0.3, -0.25) is 4.79 Å². The molecule has 0 aromatic carbocycles. The molecule has 1 aliphatic rings. The van der Waals surface area contributed by atoms with E-state index < -0.39 is 16.0 Å². The van der Waals surface area contributed by atoms with Gasteiger partial charge in [-0.1, -0.05) is 0 Å². The molecule has 0 atom stereocenters. The second-order valence-electron chi connectivity index (χ2n) is 5.00. The zero-order chi connectivity index (χ0) is 15.5. The molecule has 8 nitrogen and oxygen atoms in total. The van der Waals surface area contributed by atoms with E-state index in [1.54, 1.807) is 11.6 Å². The fourth-order valence-electron chi connectivity index (χ4n) is 2.21. The van der Waals surface area contributed by atoms with Crippen molar-refractivity contribution in [3.8, 4) is 0 Å². The summed E-state index contributed by atoms with van der Waals surface area (Å²) in [4.78, 5) is 14.3.